The molecule has 0 atom stereocenters. The Bertz CT molecular complexity index is 273. The van der Waals surface area contributed by atoms with Crippen LogP contribution in [0.4, 0.5) is 0 Å². The van der Waals surface area contributed by atoms with Crippen LogP contribution in [0.25, 0.3) is 0 Å². The molecule has 1 aromatic rings. The number of oxime groups is 1. The third-order valence-electron chi connectivity index (χ3n) is 1.42. The summed E-state index contributed by atoms with van der Waals surface area (Å²) >= 11 is 1.74. The average Bonchev–Trinajstić information content (AvgIpc) is 2.09. The first-order valence-corrected chi connectivity index (χ1v) is 4.76. The number of rotatable bonds is 3. The number of hydrogen-bond donors (Lipinski definition) is 1. The van der Waals surface area contributed by atoms with Gasteiger partial charge >= 0.3 is 0 Å². The maximum atomic E-state index is 8.37. The van der Waals surface area contributed by atoms with Gasteiger partial charge in [-0.3, -0.25) is 0 Å². The summed E-state index contributed by atoms with van der Waals surface area (Å²) < 4.78 is 0. The normalized spacial score (nSPS) is 10.8. The van der Waals surface area contributed by atoms with Gasteiger partial charge in [-0.25, -0.2) is 0 Å². The summed E-state index contributed by atoms with van der Waals surface area (Å²) in [6.07, 6.45) is 1.46. The highest BCUT2D eigenvalue weighted by Crippen LogP contribution is 2.20. The highest BCUT2D eigenvalue weighted by Gasteiger charge is 1.97. The topological polar surface area (TPSA) is 32.6 Å². The highest BCUT2D eigenvalue weighted by molar-refractivity contribution is 7.99. The molecule has 0 aliphatic rings. The van der Waals surface area contributed by atoms with Crippen LogP contribution in [0.1, 0.15) is 12.5 Å². The van der Waals surface area contributed by atoms with E-state index in [0.29, 0.717) is 0 Å². The molecule has 64 valence electrons. The van der Waals surface area contributed by atoms with Crippen LogP contribution in [0.2, 0.25) is 0 Å². The molecule has 0 heterocycles. The van der Waals surface area contributed by atoms with Crippen LogP contribution in [-0.2, 0) is 0 Å². The van der Waals surface area contributed by atoms with E-state index in [4.69, 9.17) is 5.21 Å². The van der Waals surface area contributed by atoms with E-state index in [1.54, 1.807) is 11.8 Å². The van der Waals surface area contributed by atoms with Crippen molar-refractivity contribution in [3.63, 3.8) is 0 Å². The second kappa shape index (κ2) is 4.83. The summed E-state index contributed by atoms with van der Waals surface area (Å²) in [6.45, 7) is 2.09. The van der Waals surface area contributed by atoms with Crippen molar-refractivity contribution in [1.29, 1.82) is 0 Å². The molecule has 12 heavy (non-hydrogen) atoms. The van der Waals surface area contributed by atoms with Gasteiger partial charge in [0, 0.05) is 10.5 Å². The van der Waals surface area contributed by atoms with Crippen LogP contribution in [0.5, 0.6) is 0 Å². The second-order valence-electron chi connectivity index (χ2n) is 2.22. The Labute approximate surface area is 76.3 Å². The Morgan fingerprint density at radius 1 is 1.50 bits per heavy atom. The molecule has 0 spiro atoms. The lowest BCUT2D eigenvalue weighted by molar-refractivity contribution is 0.322. The van der Waals surface area contributed by atoms with E-state index in [1.807, 2.05) is 24.3 Å². The minimum Gasteiger partial charge on any atom is -0.411 e. The van der Waals surface area contributed by atoms with Gasteiger partial charge < -0.3 is 5.21 Å². The zero-order chi connectivity index (χ0) is 8.81. The molecule has 0 fully saturated rings. The Kier molecular flexibility index (Phi) is 3.67. The van der Waals surface area contributed by atoms with Crippen molar-refractivity contribution in [3.05, 3.63) is 29.8 Å². The van der Waals surface area contributed by atoms with Crippen LogP contribution in [0, 0.1) is 0 Å². The quantitative estimate of drug-likeness (QED) is 0.336. The molecule has 0 radical (unpaired) electrons. The van der Waals surface area contributed by atoms with Gasteiger partial charge in [0.05, 0.1) is 6.21 Å². The monoisotopic (exact) mass is 181 g/mol. The molecule has 0 aliphatic carbocycles. The van der Waals surface area contributed by atoms with E-state index in [-0.39, 0.29) is 0 Å². The lowest BCUT2D eigenvalue weighted by Gasteiger charge is -2.01. The zero-order valence-electron chi connectivity index (χ0n) is 6.90. The van der Waals surface area contributed by atoms with Crippen molar-refractivity contribution >= 4 is 18.0 Å². The Balaban J connectivity index is 2.91. The molecule has 0 aromatic heterocycles. The van der Waals surface area contributed by atoms with Gasteiger partial charge in [-0.1, -0.05) is 30.3 Å². The van der Waals surface area contributed by atoms with Crippen LogP contribution in [0.15, 0.2) is 34.3 Å². The van der Waals surface area contributed by atoms with E-state index in [1.165, 1.54) is 6.21 Å². The van der Waals surface area contributed by atoms with Gasteiger partial charge in [-0.15, -0.1) is 11.8 Å². The standard InChI is InChI=1S/C9H11NOS/c1-2-12-9-6-4-3-5-8(9)7-10-11/h3-7,11H,2H2,1H3/b10-7+. The molecule has 0 aliphatic heterocycles. The van der Waals surface area contributed by atoms with Gasteiger partial charge in [-0.05, 0) is 11.8 Å². The summed E-state index contributed by atoms with van der Waals surface area (Å²) in [7, 11) is 0. The van der Waals surface area contributed by atoms with Gasteiger partial charge in [-0.2, -0.15) is 0 Å². The first-order valence-electron chi connectivity index (χ1n) is 3.77. The van der Waals surface area contributed by atoms with Gasteiger partial charge in [0.25, 0.3) is 0 Å². The molecule has 0 saturated carbocycles. The van der Waals surface area contributed by atoms with Gasteiger partial charge in [0.2, 0.25) is 0 Å². The smallest absolute Gasteiger partial charge is 0.0745 e. The van der Waals surface area contributed by atoms with Gasteiger partial charge in [0.15, 0.2) is 0 Å². The lowest BCUT2D eigenvalue weighted by Crippen LogP contribution is -1.85. The fraction of sp³-hybridized carbons (Fsp3) is 0.222. The first kappa shape index (κ1) is 9.13. The fourth-order valence-electron chi connectivity index (χ4n) is 0.936. The minimum atomic E-state index is 0.965. The number of nitrogens with zero attached hydrogens (tertiary/aromatic N) is 1. The lowest BCUT2D eigenvalue weighted by atomic mass is 10.2. The molecule has 0 bridgehead atoms. The van der Waals surface area contributed by atoms with Crippen molar-refractivity contribution in [2.45, 2.75) is 11.8 Å². The van der Waals surface area contributed by atoms with Crippen molar-refractivity contribution in [2.75, 3.05) is 5.75 Å². The summed E-state index contributed by atoms with van der Waals surface area (Å²) in [5.41, 5.74) is 0.965. The molecule has 0 saturated heterocycles. The molecular weight excluding hydrogens is 170 g/mol. The largest absolute Gasteiger partial charge is 0.411 e. The first-order chi connectivity index (χ1) is 5.88. The van der Waals surface area contributed by atoms with Crippen LogP contribution in [0.3, 0.4) is 0 Å². The minimum absolute atomic E-state index is 0.965. The predicted molar refractivity (Wildman–Crippen MR) is 52.2 cm³/mol. The van der Waals surface area contributed by atoms with Crippen molar-refractivity contribution < 1.29 is 5.21 Å². The molecule has 1 aromatic carbocycles. The molecule has 1 rings (SSSR count). The number of thioether (sulfide) groups is 1. The van der Waals surface area contributed by atoms with Crippen LogP contribution >= 0.6 is 11.8 Å². The van der Waals surface area contributed by atoms with E-state index in [2.05, 4.69) is 12.1 Å². The third-order valence-corrected chi connectivity index (χ3v) is 2.39. The fourth-order valence-corrected chi connectivity index (χ4v) is 1.71. The van der Waals surface area contributed by atoms with Gasteiger partial charge in [0.1, 0.15) is 0 Å². The van der Waals surface area contributed by atoms with Crippen molar-refractivity contribution in [3.8, 4) is 0 Å². The zero-order valence-corrected chi connectivity index (χ0v) is 7.71. The predicted octanol–water partition coefficient (Wildman–Crippen LogP) is 2.61. The Morgan fingerprint density at radius 3 is 2.92 bits per heavy atom. The van der Waals surface area contributed by atoms with Crippen molar-refractivity contribution in [1.82, 2.24) is 0 Å². The molecule has 0 unspecified atom stereocenters. The molecule has 1 N–H and O–H groups in total. The summed E-state index contributed by atoms with van der Waals surface area (Å²) in [5.74, 6) is 1.02. The summed E-state index contributed by atoms with van der Waals surface area (Å²) in [5, 5.41) is 11.4. The average molecular weight is 181 g/mol. The molecule has 2 nitrogen and oxygen atoms in total. The van der Waals surface area contributed by atoms with E-state index in [0.717, 1.165) is 16.2 Å². The van der Waals surface area contributed by atoms with Crippen molar-refractivity contribution in [2.24, 2.45) is 5.16 Å². The maximum Gasteiger partial charge on any atom is 0.0745 e. The highest BCUT2D eigenvalue weighted by atomic mass is 32.2. The second-order valence-corrected chi connectivity index (χ2v) is 3.52. The maximum absolute atomic E-state index is 8.37. The molecule has 3 heteroatoms. The SMILES string of the molecule is CCSc1ccccc1/C=N/O. The van der Waals surface area contributed by atoms with E-state index < -0.39 is 0 Å². The number of benzene rings is 1. The third kappa shape index (κ3) is 2.27. The van der Waals surface area contributed by atoms with E-state index in [9.17, 15) is 0 Å². The van der Waals surface area contributed by atoms with Crippen LogP contribution < -0.4 is 0 Å². The summed E-state index contributed by atoms with van der Waals surface area (Å²) in [6, 6.07) is 7.85. The molecule has 0 amide bonds. The Hall–Kier alpha value is -0.960. The summed E-state index contributed by atoms with van der Waals surface area (Å²) in [4.78, 5) is 1.15. The van der Waals surface area contributed by atoms with E-state index >= 15 is 0 Å². The number of hydrogen-bond acceptors (Lipinski definition) is 3. The van der Waals surface area contributed by atoms with Crippen LogP contribution in [-0.4, -0.2) is 17.2 Å². The Morgan fingerprint density at radius 2 is 2.25 bits per heavy atom. The molecular formula is C9H11NOS.